The third-order valence-electron chi connectivity index (χ3n) is 2.15. The van der Waals surface area contributed by atoms with Gasteiger partial charge < -0.3 is 0 Å². The third-order valence-corrected chi connectivity index (χ3v) is 4.26. The molecule has 0 radical (unpaired) electrons. The summed E-state index contributed by atoms with van der Waals surface area (Å²) in [6.07, 6.45) is -4.05. The predicted octanol–water partition coefficient (Wildman–Crippen LogP) is 4.73. The van der Waals surface area contributed by atoms with E-state index in [-0.39, 0.29) is 10.5 Å². The first-order valence-corrected chi connectivity index (χ1v) is 6.58. The molecule has 0 fully saturated rings. The summed E-state index contributed by atoms with van der Waals surface area (Å²) >= 11 is 2.42. The second kappa shape index (κ2) is 5.16. The zero-order valence-corrected chi connectivity index (χ0v) is 10.5. The Kier molecular flexibility index (Phi) is 3.77. The topological polar surface area (TPSA) is 17.1 Å². The van der Waals surface area contributed by atoms with Gasteiger partial charge in [0.1, 0.15) is 6.29 Å². The molecule has 0 bridgehead atoms. The summed E-state index contributed by atoms with van der Waals surface area (Å²) < 4.78 is 39.4. The first-order valence-electron chi connectivity index (χ1n) is 4.88. The first kappa shape index (κ1) is 13.2. The molecule has 1 nitrogen and oxygen atoms in total. The second-order valence-electron chi connectivity index (χ2n) is 3.41. The van der Waals surface area contributed by atoms with Crippen molar-refractivity contribution < 1.29 is 18.0 Å². The number of benzene rings is 1. The summed E-state index contributed by atoms with van der Waals surface area (Å²) in [5, 5.41) is 1.80. The van der Waals surface area contributed by atoms with Gasteiger partial charge in [-0.1, -0.05) is 23.9 Å². The minimum Gasteiger partial charge on any atom is -0.298 e. The Labute approximate surface area is 110 Å². The lowest BCUT2D eigenvalue weighted by molar-refractivity contribution is -0.139. The van der Waals surface area contributed by atoms with Gasteiger partial charge in [0.05, 0.1) is 9.77 Å². The van der Waals surface area contributed by atoms with Crippen molar-refractivity contribution in [2.45, 2.75) is 15.3 Å². The second-order valence-corrected chi connectivity index (χ2v) is 5.70. The summed E-state index contributed by atoms with van der Waals surface area (Å²) in [5.41, 5.74) is -0.747. The highest BCUT2D eigenvalue weighted by Crippen LogP contribution is 2.40. The lowest BCUT2D eigenvalue weighted by Crippen LogP contribution is -2.07. The fraction of sp³-hybridized carbons (Fsp3) is 0.0833. The molecular formula is C12H7F3OS2. The maximum Gasteiger partial charge on any atom is 0.417 e. The SMILES string of the molecule is O=Cc1ccc(Sc2cccs2)c(C(F)(F)F)c1. The number of halogens is 3. The fourth-order valence-corrected chi connectivity index (χ4v) is 3.22. The van der Waals surface area contributed by atoms with Crippen molar-refractivity contribution in [3.05, 3.63) is 46.8 Å². The maximum atomic E-state index is 12.9. The molecule has 0 saturated heterocycles. The van der Waals surface area contributed by atoms with Crippen molar-refractivity contribution in [2.24, 2.45) is 0 Å². The molecule has 1 heterocycles. The van der Waals surface area contributed by atoms with Gasteiger partial charge in [-0.2, -0.15) is 13.2 Å². The lowest BCUT2D eigenvalue weighted by Gasteiger charge is -2.12. The highest BCUT2D eigenvalue weighted by atomic mass is 32.2. The van der Waals surface area contributed by atoms with Crippen LogP contribution in [0.5, 0.6) is 0 Å². The Bertz CT molecular complexity index is 547. The van der Waals surface area contributed by atoms with Crippen LogP contribution in [-0.4, -0.2) is 6.29 Å². The number of alkyl halides is 3. The van der Waals surface area contributed by atoms with Crippen molar-refractivity contribution in [1.82, 2.24) is 0 Å². The highest BCUT2D eigenvalue weighted by Gasteiger charge is 2.34. The average Bonchev–Trinajstić information content (AvgIpc) is 2.81. The molecule has 0 unspecified atom stereocenters. The molecule has 0 atom stereocenters. The standard InChI is InChI=1S/C12H7F3OS2/c13-12(14,15)9-6-8(7-16)3-4-10(9)18-11-2-1-5-17-11/h1-7H. The van der Waals surface area contributed by atoms with Crippen molar-refractivity contribution in [2.75, 3.05) is 0 Å². The number of hydrogen-bond donors (Lipinski definition) is 0. The van der Waals surface area contributed by atoms with E-state index in [0.717, 1.165) is 22.0 Å². The summed E-state index contributed by atoms with van der Waals surface area (Å²) in [5.74, 6) is 0. The van der Waals surface area contributed by atoms with Gasteiger partial charge in [0.15, 0.2) is 0 Å². The number of aldehydes is 1. The molecule has 0 amide bonds. The highest BCUT2D eigenvalue weighted by molar-refractivity contribution is 8.01. The molecule has 0 saturated carbocycles. The maximum absolute atomic E-state index is 12.9. The zero-order chi connectivity index (χ0) is 13.2. The molecule has 0 aliphatic rings. The molecular weight excluding hydrogens is 281 g/mol. The Morgan fingerprint density at radius 1 is 1.22 bits per heavy atom. The largest absolute Gasteiger partial charge is 0.417 e. The molecule has 2 rings (SSSR count). The van der Waals surface area contributed by atoms with E-state index in [0.29, 0.717) is 6.29 Å². The van der Waals surface area contributed by atoms with Crippen LogP contribution >= 0.6 is 23.1 Å². The average molecular weight is 288 g/mol. The number of thiophene rings is 1. The van der Waals surface area contributed by atoms with Crippen molar-refractivity contribution in [3.63, 3.8) is 0 Å². The molecule has 18 heavy (non-hydrogen) atoms. The number of carbonyl (C=O) groups excluding carboxylic acids is 1. The van der Waals surface area contributed by atoms with E-state index in [9.17, 15) is 18.0 Å². The van der Waals surface area contributed by atoms with E-state index in [1.165, 1.54) is 23.5 Å². The van der Waals surface area contributed by atoms with E-state index in [1.807, 2.05) is 0 Å². The molecule has 94 valence electrons. The molecule has 0 aliphatic carbocycles. The zero-order valence-electron chi connectivity index (χ0n) is 8.90. The summed E-state index contributed by atoms with van der Waals surface area (Å²) in [6, 6.07) is 7.13. The first-order chi connectivity index (χ1) is 8.50. The fourth-order valence-electron chi connectivity index (χ4n) is 1.36. The van der Waals surface area contributed by atoms with Crippen LogP contribution in [0.25, 0.3) is 0 Å². The monoisotopic (exact) mass is 288 g/mol. The third kappa shape index (κ3) is 2.94. The Morgan fingerprint density at radius 2 is 2.00 bits per heavy atom. The van der Waals surface area contributed by atoms with Crippen LogP contribution in [0.4, 0.5) is 13.2 Å². The molecule has 6 heteroatoms. The summed E-state index contributed by atoms with van der Waals surface area (Å²) in [4.78, 5) is 10.6. The Balaban J connectivity index is 2.43. The minimum atomic E-state index is -4.46. The molecule has 2 aromatic rings. The van der Waals surface area contributed by atoms with Gasteiger partial charge in [-0.15, -0.1) is 11.3 Å². The molecule has 0 N–H and O–H groups in total. The van der Waals surface area contributed by atoms with E-state index in [1.54, 1.807) is 17.5 Å². The predicted molar refractivity (Wildman–Crippen MR) is 65.3 cm³/mol. The number of rotatable bonds is 3. The van der Waals surface area contributed by atoms with Gasteiger partial charge in [0.2, 0.25) is 0 Å². The van der Waals surface area contributed by atoms with Gasteiger partial charge in [-0.3, -0.25) is 4.79 Å². The van der Waals surface area contributed by atoms with Gasteiger partial charge in [0, 0.05) is 10.5 Å². The molecule has 0 aliphatic heterocycles. The molecule has 1 aromatic heterocycles. The number of hydrogen-bond acceptors (Lipinski definition) is 3. The van der Waals surface area contributed by atoms with Crippen molar-refractivity contribution in [3.8, 4) is 0 Å². The van der Waals surface area contributed by atoms with Crippen LogP contribution in [0, 0.1) is 0 Å². The van der Waals surface area contributed by atoms with Crippen molar-refractivity contribution in [1.29, 1.82) is 0 Å². The van der Waals surface area contributed by atoms with E-state index in [4.69, 9.17) is 0 Å². The lowest BCUT2D eigenvalue weighted by atomic mass is 10.1. The van der Waals surface area contributed by atoms with Gasteiger partial charge in [0.25, 0.3) is 0 Å². The number of carbonyl (C=O) groups is 1. The smallest absolute Gasteiger partial charge is 0.298 e. The Hall–Kier alpha value is -1.27. The Morgan fingerprint density at radius 3 is 2.56 bits per heavy atom. The van der Waals surface area contributed by atoms with Gasteiger partial charge in [-0.25, -0.2) is 0 Å². The normalized spacial score (nSPS) is 11.5. The van der Waals surface area contributed by atoms with E-state index < -0.39 is 11.7 Å². The van der Waals surface area contributed by atoms with E-state index >= 15 is 0 Å². The quantitative estimate of drug-likeness (QED) is 0.759. The van der Waals surface area contributed by atoms with Crippen LogP contribution in [0.3, 0.4) is 0 Å². The van der Waals surface area contributed by atoms with Crippen LogP contribution in [0.1, 0.15) is 15.9 Å². The molecule has 1 aromatic carbocycles. The van der Waals surface area contributed by atoms with E-state index in [2.05, 4.69) is 0 Å². The van der Waals surface area contributed by atoms with Crippen molar-refractivity contribution >= 4 is 29.4 Å². The van der Waals surface area contributed by atoms with Gasteiger partial charge >= 0.3 is 6.18 Å². The van der Waals surface area contributed by atoms with Crippen LogP contribution in [0.2, 0.25) is 0 Å². The van der Waals surface area contributed by atoms with Crippen LogP contribution < -0.4 is 0 Å². The van der Waals surface area contributed by atoms with Crippen LogP contribution in [0.15, 0.2) is 44.8 Å². The van der Waals surface area contributed by atoms with Crippen LogP contribution in [-0.2, 0) is 6.18 Å². The summed E-state index contributed by atoms with van der Waals surface area (Å²) in [6.45, 7) is 0. The minimum absolute atomic E-state index is 0.0258. The molecule has 0 spiro atoms. The summed E-state index contributed by atoms with van der Waals surface area (Å²) in [7, 11) is 0. The van der Waals surface area contributed by atoms with Gasteiger partial charge in [-0.05, 0) is 23.6 Å².